The molecule has 5 nitrogen and oxygen atoms in total. The summed E-state index contributed by atoms with van der Waals surface area (Å²) < 4.78 is 17.4. The Hall–Kier alpha value is -1.31. The summed E-state index contributed by atoms with van der Waals surface area (Å²) in [5.74, 6) is 2.21. The normalized spacial score (nSPS) is 32.1. The predicted octanol–water partition coefficient (Wildman–Crippen LogP) is 4.52. The molecule has 0 amide bonds. The Labute approximate surface area is 162 Å². The number of hydrogen-bond donors (Lipinski definition) is 0. The summed E-state index contributed by atoms with van der Waals surface area (Å²) in [6.45, 7) is 1.37. The zero-order valence-electron chi connectivity index (χ0n) is 15.2. The van der Waals surface area contributed by atoms with Gasteiger partial charge in [0.15, 0.2) is 0 Å². The van der Waals surface area contributed by atoms with Crippen molar-refractivity contribution in [3.63, 3.8) is 0 Å². The van der Waals surface area contributed by atoms with Crippen LogP contribution in [0.5, 0.6) is 5.75 Å². The molecule has 4 aliphatic rings. The number of methoxy groups -OCH3 is 1. The van der Waals surface area contributed by atoms with Gasteiger partial charge in [-0.15, -0.1) is 0 Å². The fraction of sp³-hybridized carbons (Fsp3) is 0.600. The van der Waals surface area contributed by atoms with Crippen LogP contribution >= 0.6 is 20.6 Å². The van der Waals surface area contributed by atoms with E-state index in [0.717, 1.165) is 28.6 Å². The third-order valence-corrected chi connectivity index (χ3v) is 9.57. The van der Waals surface area contributed by atoms with Gasteiger partial charge in [0.25, 0.3) is 0 Å². The number of benzene rings is 1. The van der Waals surface area contributed by atoms with E-state index >= 15 is 0 Å². The van der Waals surface area contributed by atoms with E-state index in [-0.39, 0.29) is 11.4 Å². The molecule has 0 spiro atoms. The Balaban J connectivity index is 1.53. The van der Waals surface area contributed by atoms with E-state index in [2.05, 4.69) is 0 Å². The molecule has 142 valence electrons. The molecule has 0 radical (unpaired) electrons. The quantitative estimate of drug-likeness (QED) is 0.590. The van der Waals surface area contributed by atoms with E-state index in [1.54, 1.807) is 7.11 Å². The fourth-order valence-corrected chi connectivity index (χ4v) is 8.32. The van der Waals surface area contributed by atoms with E-state index in [0.29, 0.717) is 17.8 Å². The van der Waals surface area contributed by atoms with Crippen LogP contribution in [0, 0.1) is 26.7 Å². The number of carbonyl (C=O) groups is 2. The summed E-state index contributed by atoms with van der Waals surface area (Å²) in [7, 11) is 1.60. The molecule has 26 heavy (non-hydrogen) atoms. The van der Waals surface area contributed by atoms with E-state index < -0.39 is 26.6 Å². The van der Waals surface area contributed by atoms with E-state index in [1.165, 1.54) is 26.2 Å². The summed E-state index contributed by atoms with van der Waals surface area (Å²) >= 11 is -2.83. The topological polar surface area (TPSA) is 61.8 Å². The average molecular weight is 472 g/mol. The van der Waals surface area contributed by atoms with Crippen molar-refractivity contribution in [2.75, 3.05) is 7.11 Å². The molecule has 5 rings (SSSR count). The standard InChI is InChI=1S/C20H25IO5/c1-13(22)25-21(17-3-5-18(24-2)6-4-17)26-19(23)20-10-14-7-15(11-20)9-16(8-14)12-20/h3-6,14-16H,7-12H2,1-2H3. The van der Waals surface area contributed by atoms with Crippen molar-refractivity contribution >= 4 is 32.6 Å². The van der Waals surface area contributed by atoms with Crippen LogP contribution in [0.4, 0.5) is 0 Å². The molecule has 0 aromatic heterocycles. The van der Waals surface area contributed by atoms with Gasteiger partial charge in [-0.3, -0.25) is 0 Å². The molecule has 0 saturated heterocycles. The minimum absolute atomic E-state index is 0.126. The van der Waals surface area contributed by atoms with Gasteiger partial charge in [0.05, 0.1) is 0 Å². The Morgan fingerprint density at radius 3 is 1.96 bits per heavy atom. The first-order valence-electron chi connectivity index (χ1n) is 9.23. The van der Waals surface area contributed by atoms with Crippen molar-refractivity contribution < 1.29 is 20.5 Å². The van der Waals surface area contributed by atoms with Crippen molar-refractivity contribution in [3.8, 4) is 5.75 Å². The van der Waals surface area contributed by atoms with Crippen LogP contribution in [0.15, 0.2) is 24.3 Å². The van der Waals surface area contributed by atoms with E-state index in [4.69, 9.17) is 10.9 Å². The zero-order valence-corrected chi connectivity index (χ0v) is 17.4. The zero-order chi connectivity index (χ0) is 18.3. The molecule has 0 aliphatic heterocycles. The molecule has 6 heteroatoms. The molecule has 0 heterocycles. The van der Waals surface area contributed by atoms with Crippen molar-refractivity contribution in [2.24, 2.45) is 23.2 Å². The van der Waals surface area contributed by atoms with Crippen molar-refractivity contribution in [3.05, 3.63) is 27.8 Å². The second-order valence-electron chi connectivity index (χ2n) is 8.01. The van der Waals surface area contributed by atoms with Crippen LogP contribution in [0.1, 0.15) is 45.4 Å². The Morgan fingerprint density at radius 2 is 1.50 bits per heavy atom. The average Bonchev–Trinajstić information content (AvgIpc) is 2.59. The SMILES string of the molecule is COc1ccc(I(OC(C)=O)OC(=O)C23CC4CC(CC(C4)C2)C3)cc1. The number of carbonyl (C=O) groups excluding carboxylic acids is 2. The third kappa shape index (κ3) is 3.44. The van der Waals surface area contributed by atoms with Crippen LogP contribution in [-0.2, 0) is 15.7 Å². The second-order valence-corrected chi connectivity index (χ2v) is 11.4. The van der Waals surface area contributed by atoms with Crippen LogP contribution in [0.25, 0.3) is 0 Å². The van der Waals surface area contributed by atoms with Gasteiger partial charge in [0, 0.05) is 0 Å². The van der Waals surface area contributed by atoms with Crippen LogP contribution < -0.4 is 4.74 Å². The molecule has 1 aromatic carbocycles. The first kappa shape index (κ1) is 18.1. The fourth-order valence-electron chi connectivity index (χ4n) is 5.38. The summed E-state index contributed by atoms with van der Waals surface area (Å²) in [4.78, 5) is 24.8. The van der Waals surface area contributed by atoms with E-state index in [9.17, 15) is 9.59 Å². The number of halogens is 1. The maximum absolute atomic E-state index is 13.2. The second kappa shape index (κ2) is 7.02. The minimum atomic E-state index is -2.83. The van der Waals surface area contributed by atoms with Gasteiger partial charge in [-0.05, 0) is 0 Å². The van der Waals surface area contributed by atoms with E-state index in [1.807, 2.05) is 24.3 Å². The third-order valence-electron chi connectivity index (χ3n) is 6.02. The molecular weight excluding hydrogens is 447 g/mol. The Bertz CT molecular complexity index is 663. The number of rotatable bonds is 5. The predicted molar refractivity (Wildman–Crippen MR) is 104 cm³/mol. The molecular formula is C20H25IO5. The monoisotopic (exact) mass is 472 g/mol. The first-order valence-corrected chi connectivity index (χ1v) is 12.1. The molecule has 0 atom stereocenters. The molecule has 4 saturated carbocycles. The van der Waals surface area contributed by atoms with Crippen molar-refractivity contribution in [2.45, 2.75) is 45.4 Å². The molecule has 0 unspecified atom stereocenters. The van der Waals surface area contributed by atoms with Gasteiger partial charge in [-0.2, -0.15) is 0 Å². The maximum atomic E-state index is 13.2. The Kier molecular flexibility index (Phi) is 4.88. The molecule has 4 fully saturated rings. The van der Waals surface area contributed by atoms with Crippen LogP contribution in [-0.4, -0.2) is 19.0 Å². The molecule has 0 N–H and O–H groups in total. The van der Waals surface area contributed by atoms with Gasteiger partial charge in [0.1, 0.15) is 0 Å². The summed E-state index contributed by atoms with van der Waals surface area (Å²) in [6, 6.07) is 7.28. The molecule has 4 bridgehead atoms. The van der Waals surface area contributed by atoms with Crippen molar-refractivity contribution in [1.82, 2.24) is 0 Å². The van der Waals surface area contributed by atoms with Gasteiger partial charge < -0.3 is 0 Å². The number of hydrogen-bond acceptors (Lipinski definition) is 5. The van der Waals surface area contributed by atoms with Gasteiger partial charge >= 0.3 is 162 Å². The summed E-state index contributed by atoms with van der Waals surface area (Å²) in [5.41, 5.74) is -0.336. The summed E-state index contributed by atoms with van der Waals surface area (Å²) in [5, 5.41) is 0. The van der Waals surface area contributed by atoms with Crippen LogP contribution in [0.3, 0.4) is 0 Å². The first-order chi connectivity index (χ1) is 12.5. The van der Waals surface area contributed by atoms with Crippen molar-refractivity contribution in [1.29, 1.82) is 0 Å². The Morgan fingerprint density at radius 1 is 0.962 bits per heavy atom. The molecule has 1 aromatic rings. The molecule has 4 aliphatic carbocycles. The van der Waals surface area contributed by atoms with Gasteiger partial charge in [0.2, 0.25) is 0 Å². The van der Waals surface area contributed by atoms with Gasteiger partial charge in [-0.1, -0.05) is 0 Å². The van der Waals surface area contributed by atoms with Gasteiger partial charge in [-0.25, -0.2) is 0 Å². The summed E-state index contributed by atoms with van der Waals surface area (Å²) in [6.07, 6.45) is 6.67. The number of ether oxygens (including phenoxy) is 1. The van der Waals surface area contributed by atoms with Crippen LogP contribution in [0.2, 0.25) is 0 Å².